The van der Waals surface area contributed by atoms with Gasteiger partial charge in [0, 0.05) is 39.2 Å². The molecule has 19 aromatic carbocycles. The van der Waals surface area contributed by atoms with Gasteiger partial charge in [-0.3, -0.25) is 0 Å². The number of hydrogen-bond donors (Lipinski definition) is 0. The van der Waals surface area contributed by atoms with E-state index in [1.165, 1.54) is 133 Å². The molecule has 0 bridgehead atoms. The van der Waals surface area contributed by atoms with Gasteiger partial charge in [-0.05, 0) is 228 Å². The topological polar surface area (TPSA) is 6.48 Å². The van der Waals surface area contributed by atoms with E-state index in [0.29, 0.717) is 0 Å². The highest BCUT2D eigenvalue weighted by Gasteiger charge is 2.48. The van der Waals surface area contributed by atoms with Crippen LogP contribution < -0.4 is 9.80 Å². The van der Waals surface area contributed by atoms with Crippen molar-refractivity contribution in [2.24, 2.45) is 0 Å². The van der Waals surface area contributed by atoms with Crippen LogP contribution >= 0.6 is 0 Å². The normalized spacial score (nSPS) is 12.7. The zero-order chi connectivity index (χ0) is 77.3. The predicted octanol–water partition coefficient (Wildman–Crippen LogP) is 30.9. The lowest BCUT2D eigenvalue weighted by molar-refractivity contribution is 0.661. The van der Waals surface area contributed by atoms with Crippen molar-refractivity contribution in [3.63, 3.8) is 0 Å². The third-order valence-electron chi connectivity index (χ3n) is 24.5. The minimum absolute atomic E-state index is 0.308. The van der Waals surface area contributed by atoms with Gasteiger partial charge in [-0.15, -0.1) is 0 Å². The van der Waals surface area contributed by atoms with Crippen LogP contribution in [0.1, 0.15) is 47.2 Å². The molecule has 546 valence electrons. The first-order valence-corrected chi connectivity index (χ1v) is 40.4. The third kappa shape index (κ3) is 11.7. The first-order chi connectivity index (χ1) is 57.3. The summed E-state index contributed by atoms with van der Waals surface area (Å²) in [6.07, 6.45) is 0. The summed E-state index contributed by atoms with van der Waals surface area (Å²) >= 11 is 0. The Morgan fingerprint density at radius 2 is 0.578 bits per heavy atom. The van der Waals surface area contributed by atoms with Crippen LogP contribution in [0.15, 0.2) is 449 Å². The van der Waals surface area contributed by atoms with E-state index >= 15 is 0 Å². The lowest BCUT2D eigenvalue weighted by atomic mass is 9.68. The molecule has 2 heteroatoms. The Labute approximate surface area is 679 Å². The molecular weight excluding hydrogens is 1400 g/mol. The fraction of sp³-hybridized carbons (Fsp3) is 0.0351. The Balaban J connectivity index is 0.658. The smallest absolute Gasteiger partial charge is 0.0714 e. The number of nitrogens with zero attached hydrogens (tertiary/aromatic N) is 2. The van der Waals surface area contributed by atoms with Crippen LogP contribution in [0.3, 0.4) is 0 Å². The van der Waals surface area contributed by atoms with Gasteiger partial charge in [0.1, 0.15) is 0 Å². The van der Waals surface area contributed by atoms with Gasteiger partial charge >= 0.3 is 0 Å². The molecule has 2 nitrogen and oxygen atoms in total. The largest absolute Gasteiger partial charge is 0.310 e. The van der Waals surface area contributed by atoms with E-state index in [4.69, 9.17) is 0 Å². The summed E-state index contributed by atoms with van der Waals surface area (Å²) < 4.78 is 0. The molecule has 0 aromatic heterocycles. The van der Waals surface area contributed by atoms with Gasteiger partial charge in [-0.2, -0.15) is 0 Å². The quantitative estimate of drug-likeness (QED) is 0.0951. The van der Waals surface area contributed by atoms with Gasteiger partial charge < -0.3 is 9.80 Å². The number of fused-ring (bicyclic) bond motifs is 8. The average molecular weight is 1480 g/mol. The van der Waals surface area contributed by atoms with E-state index in [-0.39, 0.29) is 5.41 Å². The van der Waals surface area contributed by atoms with Crippen molar-refractivity contribution in [3.8, 4) is 111 Å². The highest BCUT2D eigenvalue weighted by molar-refractivity contribution is 6.05. The molecule has 0 amide bonds. The highest BCUT2D eigenvalue weighted by atomic mass is 15.2. The molecule has 0 unspecified atom stereocenters. The molecule has 0 heterocycles. The molecule has 0 radical (unpaired) electrons. The lowest BCUT2D eigenvalue weighted by Crippen LogP contribution is -2.28. The zero-order valence-corrected chi connectivity index (χ0v) is 64.6. The zero-order valence-electron chi connectivity index (χ0n) is 64.6. The SMILES string of the molecule is CC1(C)c2cc(-c3ccc(N(c4cccc(-c5cccc6ccccc56)c4)c4ccccc4-c4ccccc4-c4ccccc4)cc3)ccc2-c2ccc(-c3cc(-c4cccc(N(c5ccccc5-c5ccccc5-c5ccccc5)c5cccc6c5-c5ccccc5C6(c5ccccc5)c5ccccc5)c4)c4ccccc4c3)cc21. The van der Waals surface area contributed by atoms with Gasteiger partial charge in [-0.1, -0.05) is 384 Å². The second kappa shape index (κ2) is 28.8. The number of benzene rings is 19. The first-order valence-electron chi connectivity index (χ1n) is 40.4. The number of anilines is 6. The minimum atomic E-state index is -0.602. The summed E-state index contributed by atoms with van der Waals surface area (Å²) in [5, 5.41) is 4.85. The standard InChI is InChI=1S/C114H80N2/c1-113(2)107-75-81(77-63-67-89(68-64-77)115(90-46-29-40-84(72-90)95-57-31-39-80-37-15-17-48-92(80)95)109-60-27-24-54-101(109)97-52-21-19-49-93(97)78-33-7-3-8-34-78)65-69-99(107)100-70-66-82(76-108(100)113)86-71-83-38-16-18-51-96(83)104(74-86)85-41-30-47-91(73-85)116(110-61-28-25-55-102(110)98-53-22-20-50-94(98)79-35-9-4-10-36-79)111-62-32-59-106-112(111)103-56-23-26-58-105(103)114(106,87-42-11-5-12-43-87)88-44-13-6-14-45-88/h3-76H,1-2H3. The summed E-state index contributed by atoms with van der Waals surface area (Å²) in [7, 11) is 0. The molecule has 0 fully saturated rings. The van der Waals surface area contributed by atoms with E-state index in [9.17, 15) is 0 Å². The van der Waals surface area contributed by atoms with E-state index in [1.807, 2.05) is 0 Å². The Morgan fingerprint density at radius 3 is 1.17 bits per heavy atom. The Kier molecular flexibility index (Phi) is 17.2. The summed E-state index contributed by atoms with van der Waals surface area (Å²) in [4.78, 5) is 5.01. The van der Waals surface area contributed by atoms with E-state index in [0.717, 1.165) is 67.5 Å². The van der Waals surface area contributed by atoms with Gasteiger partial charge in [0.2, 0.25) is 0 Å². The van der Waals surface area contributed by atoms with Gasteiger partial charge in [0.15, 0.2) is 0 Å². The van der Waals surface area contributed by atoms with Crippen LogP contribution in [0, 0.1) is 0 Å². The van der Waals surface area contributed by atoms with E-state index < -0.39 is 5.41 Å². The maximum atomic E-state index is 2.56. The molecule has 116 heavy (non-hydrogen) atoms. The second-order valence-electron chi connectivity index (χ2n) is 31.3. The summed E-state index contributed by atoms with van der Waals surface area (Å²) in [5.74, 6) is 0. The van der Waals surface area contributed by atoms with E-state index in [1.54, 1.807) is 0 Å². The van der Waals surface area contributed by atoms with Gasteiger partial charge in [0.25, 0.3) is 0 Å². The predicted molar refractivity (Wildman–Crippen MR) is 489 cm³/mol. The lowest BCUT2D eigenvalue weighted by Gasteiger charge is -2.34. The Bertz CT molecular complexity index is 6930. The number of hydrogen-bond acceptors (Lipinski definition) is 2. The molecule has 2 aliphatic rings. The molecule has 0 N–H and O–H groups in total. The van der Waals surface area contributed by atoms with Crippen molar-refractivity contribution in [1.82, 2.24) is 0 Å². The van der Waals surface area contributed by atoms with Crippen molar-refractivity contribution in [2.45, 2.75) is 24.7 Å². The van der Waals surface area contributed by atoms with Crippen molar-refractivity contribution in [1.29, 1.82) is 0 Å². The summed E-state index contributed by atoms with van der Waals surface area (Å²) in [6, 6.07) is 167. The van der Waals surface area contributed by atoms with E-state index in [2.05, 4.69) is 473 Å². The second-order valence-corrected chi connectivity index (χ2v) is 31.3. The molecular formula is C114H80N2. The van der Waals surface area contributed by atoms with Crippen LogP contribution in [-0.2, 0) is 10.8 Å². The highest BCUT2D eigenvalue weighted by Crippen LogP contribution is 2.61. The summed E-state index contributed by atoms with van der Waals surface area (Å²) in [5.41, 5.74) is 36.9. The van der Waals surface area contributed by atoms with Crippen LogP contribution in [0.2, 0.25) is 0 Å². The minimum Gasteiger partial charge on any atom is -0.310 e. The first kappa shape index (κ1) is 69.3. The fourth-order valence-electron chi connectivity index (χ4n) is 19.2. The molecule has 21 rings (SSSR count). The van der Waals surface area contributed by atoms with Crippen molar-refractivity contribution in [2.75, 3.05) is 9.80 Å². The molecule has 0 atom stereocenters. The molecule has 2 aliphatic carbocycles. The van der Waals surface area contributed by atoms with Gasteiger partial charge in [0.05, 0.1) is 22.5 Å². The molecule has 19 aromatic rings. The van der Waals surface area contributed by atoms with Crippen LogP contribution in [0.4, 0.5) is 34.1 Å². The molecule has 0 aliphatic heterocycles. The van der Waals surface area contributed by atoms with Crippen molar-refractivity contribution >= 4 is 55.7 Å². The molecule has 0 saturated carbocycles. The maximum absolute atomic E-state index is 2.56. The van der Waals surface area contributed by atoms with Crippen LogP contribution in [-0.4, -0.2) is 0 Å². The van der Waals surface area contributed by atoms with Crippen LogP contribution in [0.5, 0.6) is 0 Å². The van der Waals surface area contributed by atoms with Gasteiger partial charge in [-0.25, -0.2) is 0 Å². The number of rotatable bonds is 16. The van der Waals surface area contributed by atoms with Crippen LogP contribution in [0.25, 0.3) is 133 Å². The van der Waals surface area contributed by atoms with Crippen molar-refractivity contribution < 1.29 is 0 Å². The maximum Gasteiger partial charge on any atom is 0.0714 e. The average Bonchev–Trinajstić information content (AvgIpc) is 1.54. The third-order valence-corrected chi connectivity index (χ3v) is 24.5. The summed E-state index contributed by atoms with van der Waals surface area (Å²) in [6.45, 7) is 4.83. The Morgan fingerprint density at radius 1 is 0.181 bits per heavy atom. The van der Waals surface area contributed by atoms with Crippen molar-refractivity contribution in [3.05, 3.63) is 482 Å². The fourth-order valence-corrected chi connectivity index (χ4v) is 19.2. The molecule has 0 saturated heterocycles. The molecule has 0 spiro atoms. The number of para-hydroxylation sites is 2. The Hall–Kier alpha value is -14.7. The monoisotopic (exact) mass is 1480 g/mol.